The molecular weight excluding hydrogens is 472 g/mol. The second-order valence-electron chi connectivity index (χ2n) is 8.03. The molecule has 1 aliphatic rings. The Balaban J connectivity index is 1.61. The van der Waals surface area contributed by atoms with Crippen LogP contribution in [0.4, 0.5) is 8.78 Å². The van der Waals surface area contributed by atoms with Gasteiger partial charge in [-0.3, -0.25) is 9.36 Å². The van der Waals surface area contributed by atoms with E-state index in [1.54, 1.807) is 25.5 Å². The molecular formula is C25H19F2N5O4. The van der Waals surface area contributed by atoms with E-state index in [1.165, 1.54) is 28.8 Å². The summed E-state index contributed by atoms with van der Waals surface area (Å²) in [6.45, 7) is 0.309. The summed E-state index contributed by atoms with van der Waals surface area (Å²) in [6.07, 6.45) is 3.33. The highest BCUT2D eigenvalue weighted by Gasteiger charge is 2.23. The second-order valence-corrected chi connectivity index (χ2v) is 8.03. The van der Waals surface area contributed by atoms with E-state index in [4.69, 9.17) is 9.47 Å². The number of nitrogens with zero attached hydrogens (tertiary/aromatic N) is 5. The number of ether oxygens (including phenoxy) is 3. The van der Waals surface area contributed by atoms with Crippen LogP contribution in [0.25, 0.3) is 38.9 Å². The molecule has 0 N–H and O–H groups in total. The molecule has 0 unspecified atom stereocenters. The minimum absolute atomic E-state index is 0.0246. The Morgan fingerprint density at radius 2 is 1.94 bits per heavy atom. The molecule has 5 aromatic rings. The summed E-state index contributed by atoms with van der Waals surface area (Å²) >= 11 is 0. The molecule has 11 heteroatoms. The maximum Gasteiger partial charge on any atom is 0.387 e. The number of hydrogen-bond donors (Lipinski definition) is 0. The summed E-state index contributed by atoms with van der Waals surface area (Å²) in [5.74, 6) is 0.551. The van der Waals surface area contributed by atoms with Crippen molar-refractivity contribution in [1.29, 1.82) is 0 Å². The Bertz CT molecular complexity index is 1660. The van der Waals surface area contributed by atoms with Gasteiger partial charge in [-0.05, 0) is 49.4 Å². The number of benzene rings is 2. The minimum atomic E-state index is -2.95. The third-order valence-corrected chi connectivity index (χ3v) is 5.91. The first-order chi connectivity index (χ1) is 17.5. The number of pyridine rings is 1. The predicted molar refractivity (Wildman–Crippen MR) is 127 cm³/mol. The van der Waals surface area contributed by atoms with Crippen molar-refractivity contribution >= 4 is 22.1 Å². The maximum absolute atomic E-state index is 14.0. The van der Waals surface area contributed by atoms with Gasteiger partial charge in [0.25, 0.3) is 5.56 Å². The second kappa shape index (κ2) is 8.59. The van der Waals surface area contributed by atoms with Crippen molar-refractivity contribution in [2.24, 2.45) is 0 Å². The number of halogens is 2. The van der Waals surface area contributed by atoms with Gasteiger partial charge in [0.1, 0.15) is 17.9 Å². The van der Waals surface area contributed by atoms with Crippen molar-refractivity contribution < 1.29 is 23.0 Å². The van der Waals surface area contributed by atoms with Gasteiger partial charge in [-0.2, -0.15) is 13.8 Å². The molecule has 2 aromatic carbocycles. The van der Waals surface area contributed by atoms with Crippen LogP contribution in [0.2, 0.25) is 0 Å². The average molecular weight is 491 g/mol. The first-order valence-electron chi connectivity index (χ1n) is 11.3. The highest BCUT2D eigenvalue weighted by molar-refractivity contribution is 5.93. The molecule has 36 heavy (non-hydrogen) atoms. The molecule has 0 atom stereocenters. The molecule has 0 amide bonds. The van der Waals surface area contributed by atoms with Gasteiger partial charge in [-0.1, -0.05) is 0 Å². The lowest BCUT2D eigenvalue weighted by Gasteiger charge is -2.20. The van der Waals surface area contributed by atoms with E-state index in [9.17, 15) is 13.6 Å². The van der Waals surface area contributed by atoms with Crippen molar-refractivity contribution in [1.82, 2.24) is 24.1 Å². The summed E-state index contributed by atoms with van der Waals surface area (Å²) in [5.41, 5.74) is 2.92. The molecule has 0 bridgehead atoms. The monoisotopic (exact) mass is 491 g/mol. The number of fused-ring (bicyclic) bond motifs is 1. The van der Waals surface area contributed by atoms with Crippen molar-refractivity contribution in [3.63, 3.8) is 0 Å². The van der Waals surface area contributed by atoms with Crippen molar-refractivity contribution in [3.05, 3.63) is 65.3 Å². The van der Waals surface area contributed by atoms with Gasteiger partial charge in [-0.25, -0.2) is 9.97 Å². The standard InChI is InChI=1S/C25H19F2N5O4/c1-2-34-25-28-12-14-11-18(17-7-8-19-20-21(17)35-10-9-31(20)13-29-19)23(33)32(22(14)30-25)15-3-5-16(6-4-15)36-24(26)27/h3-8,11-13,24H,2,9-10H2,1H3. The molecule has 182 valence electrons. The van der Waals surface area contributed by atoms with Crippen LogP contribution in [0, 0.1) is 0 Å². The summed E-state index contributed by atoms with van der Waals surface area (Å²) < 4.78 is 44.6. The average Bonchev–Trinajstić information content (AvgIpc) is 3.30. The number of alkyl halides is 2. The maximum atomic E-state index is 14.0. The summed E-state index contributed by atoms with van der Waals surface area (Å²) in [7, 11) is 0. The Morgan fingerprint density at radius 3 is 2.72 bits per heavy atom. The van der Waals surface area contributed by atoms with E-state index >= 15 is 0 Å². The molecule has 6 rings (SSSR count). The van der Waals surface area contributed by atoms with Gasteiger partial charge in [0.05, 0.1) is 36.2 Å². The zero-order chi connectivity index (χ0) is 24.8. The highest BCUT2D eigenvalue weighted by atomic mass is 19.3. The van der Waals surface area contributed by atoms with Gasteiger partial charge >= 0.3 is 12.6 Å². The van der Waals surface area contributed by atoms with Crippen LogP contribution < -0.4 is 19.8 Å². The number of imidazole rings is 1. The van der Waals surface area contributed by atoms with Crippen LogP contribution in [-0.2, 0) is 6.54 Å². The topological polar surface area (TPSA) is 93.3 Å². The SMILES string of the molecule is CCOc1ncc2cc(-c3ccc4ncn5c4c3OCC5)c(=O)n(-c3ccc(OC(F)F)cc3)c2n1. The van der Waals surface area contributed by atoms with Gasteiger partial charge in [0, 0.05) is 17.1 Å². The van der Waals surface area contributed by atoms with Gasteiger partial charge in [-0.15, -0.1) is 0 Å². The lowest BCUT2D eigenvalue weighted by atomic mass is 10.0. The Labute approximate surface area is 202 Å². The molecule has 1 aliphatic heterocycles. The first kappa shape index (κ1) is 22.0. The summed E-state index contributed by atoms with van der Waals surface area (Å²) in [4.78, 5) is 27.1. The van der Waals surface area contributed by atoms with Gasteiger partial charge < -0.3 is 18.8 Å². The summed E-state index contributed by atoms with van der Waals surface area (Å²) in [5, 5.41) is 0.581. The molecule has 0 saturated carbocycles. The van der Waals surface area contributed by atoms with E-state index in [0.29, 0.717) is 53.4 Å². The zero-order valence-electron chi connectivity index (χ0n) is 19.0. The molecule has 9 nitrogen and oxygen atoms in total. The smallest absolute Gasteiger partial charge is 0.387 e. The Kier molecular flexibility index (Phi) is 5.24. The fraction of sp³-hybridized carbons (Fsp3) is 0.200. The van der Waals surface area contributed by atoms with E-state index in [0.717, 1.165) is 11.0 Å². The van der Waals surface area contributed by atoms with Gasteiger partial charge in [0.15, 0.2) is 11.4 Å². The fourth-order valence-corrected chi connectivity index (χ4v) is 4.40. The third-order valence-electron chi connectivity index (χ3n) is 5.91. The van der Waals surface area contributed by atoms with Crippen LogP contribution in [-0.4, -0.2) is 43.9 Å². The summed E-state index contributed by atoms with van der Waals surface area (Å²) in [6, 6.07) is 11.3. The van der Waals surface area contributed by atoms with Crippen LogP contribution in [0.5, 0.6) is 17.5 Å². The van der Waals surface area contributed by atoms with E-state index < -0.39 is 6.61 Å². The first-order valence-corrected chi connectivity index (χ1v) is 11.3. The quantitative estimate of drug-likeness (QED) is 0.352. The van der Waals surface area contributed by atoms with E-state index in [2.05, 4.69) is 19.7 Å². The van der Waals surface area contributed by atoms with Crippen LogP contribution in [0.1, 0.15) is 6.92 Å². The minimum Gasteiger partial charge on any atom is -0.489 e. The lowest BCUT2D eigenvalue weighted by Crippen LogP contribution is -2.22. The number of aromatic nitrogens is 5. The number of hydrogen-bond acceptors (Lipinski definition) is 7. The highest BCUT2D eigenvalue weighted by Crippen LogP contribution is 2.38. The largest absolute Gasteiger partial charge is 0.489 e. The van der Waals surface area contributed by atoms with E-state index in [-0.39, 0.29) is 17.3 Å². The molecule has 0 spiro atoms. The number of rotatable bonds is 6. The van der Waals surface area contributed by atoms with Crippen LogP contribution in [0.15, 0.2) is 59.8 Å². The van der Waals surface area contributed by atoms with Gasteiger partial charge in [0.2, 0.25) is 0 Å². The normalized spacial score (nSPS) is 12.8. The van der Waals surface area contributed by atoms with Crippen molar-refractivity contribution in [2.45, 2.75) is 20.1 Å². The third kappa shape index (κ3) is 3.60. The molecule has 0 saturated heterocycles. The lowest BCUT2D eigenvalue weighted by molar-refractivity contribution is -0.0498. The van der Waals surface area contributed by atoms with Crippen molar-refractivity contribution in [2.75, 3.05) is 13.2 Å². The van der Waals surface area contributed by atoms with Crippen LogP contribution >= 0.6 is 0 Å². The zero-order valence-corrected chi connectivity index (χ0v) is 19.0. The Hall–Kier alpha value is -4.54. The van der Waals surface area contributed by atoms with Crippen LogP contribution in [0.3, 0.4) is 0 Å². The fourth-order valence-electron chi connectivity index (χ4n) is 4.40. The predicted octanol–water partition coefficient (Wildman–Crippen LogP) is 4.19. The molecule has 4 heterocycles. The molecule has 0 aliphatic carbocycles. The van der Waals surface area contributed by atoms with E-state index in [1.807, 2.05) is 16.7 Å². The molecule has 3 aromatic heterocycles. The van der Waals surface area contributed by atoms with Crippen molar-refractivity contribution in [3.8, 4) is 34.3 Å². The molecule has 0 fully saturated rings. The Morgan fingerprint density at radius 1 is 1.11 bits per heavy atom. The molecule has 0 radical (unpaired) electrons.